The van der Waals surface area contributed by atoms with Gasteiger partial charge in [0, 0.05) is 29.9 Å². The topological polar surface area (TPSA) is 29.9 Å². The number of rotatable bonds is 4. The summed E-state index contributed by atoms with van der Waals surface area (Å²) in [5.74, 6) is 0. The average Bonchev–Trinajstić information content (AvgIpc) is 2.66. The Labute approximate surface area is 124 Å². The smallest absolute Gasteiger partial charge is 0.0644 e. The lowest BCUT2D eigenvalue weighted by Crippen LogP contribution is -2.45. The van der Waals surface area contributed by atoms with Crippen LogP contribution in [0.4, 0.5) is 0 Å². The van der Waals surface area contributed by atoms with Gasteiger partial charge in [0.1, 0.15) is 0 Å². The molecule has 2 unspecified atom stereocenters. The van der Waals surface area contributed by atoms with Gasteiger partial charge in [0.05, 0.1) is 5.69 Å². The van der Waals surface area contributed by atoms with E-state index in [1.54, 1.807) is 0 Å². The standard InChI is InChI=1S/C17H31N3/c1-7-20-14(4)16(13(3)19-20)12(2)18-15-10-8-9-11-17(15,5)6/h12,15,18H,7-11H2,1-6H3. The Kier molecular flexibility index (Phi) is 4.58. The van der Waals surface area contributed by atoms with Crippen LogP contribution in [0.5, 0.6) is 0 Å². The van der Waals surface area contributed by atoms with Crippen LogP contribution < -0.4 is 5.32 Å². The quantitative estimate of drug-likeness (QED) is 0.896. The van der Waals surface area contributed by atoms with Crippen LogP contribution in [-0.4, -0.2) is 15.8 Å². The minimum atomic E-state index is 0.387. The molecule has 0 bridgehead atoms. The van der Waals surface area contributed by atoms with Crippen LogP contribution in [0.15, 0.2) is 0 Å². The van der Waals surface area contributed by atoms with Crippen molar-refractivity contribution in [3.8, 4) is 0 Å². The predicted octanol–water partition coefficient (Wildman–Crippen LogP) is 4.14. The van der Waals surface area contributed by atoms with Gasteiger partial charge < -0.3 is 5.32 Å². The number of hydrogen-bond acceptors (Lipinski definition) is 2. The summed E-state index contributed by atoms with van der Waals surface area (Å²) in [6.07, 6.45) is 5.38. The molecule has 1 N–H and O–H groups in total. The lowest BCUT2D eigenvalue weighted by Gasteiger charge is -2.41. The fourth-order valence-corrected chi connectivity index (χ4v) is 3.83. The molecular formula is C17H31N3. The number of nitrogens with zero attached hydrogens (tertiary/aromatic N) is 2. The highest BCUT2D eigenvalue weighted by molar-refractivity contribution is 5.28. The van der Waals surface area contributed by atoms with Gasteiger partial charge in [0.25, 0.3) is 0 Å². The van der Waals surface area contributed by atoms with Gasteiger partial charge in [-0.1, -0.05) is 26.7 Å². The van der Waals surface area contributed by atoms with Crippen LogP contribution in [0, 0.1) is 19.3 Å². The third-order valence-electron chi connectivity index (χ3n) is 5.13. The number of nitrogens with one attached hydrogen (secondary N) is 1. The lowest BCUT2D eigenvalue weighted by atomic mass is 9.73. The number of hydrogen-bond donors (Lipinski definition) is 1. The van der Waals surface area contributed by atoms with Gasteiger partial charge in [-0.05, 0) is 46.0 Å². The third-order valence-corrected chi connectivity index (χ3v) is 5.13. The Morgan fingerprint density at radius 2 is 2.05 bits per heavy atom. The van der Waals surface area contributed by atoms with Gasteiger partial charge in [-0.25, -0.2) is 0 Å². The lowest BCUT2D eigenvalue weighted by molar-refractivity contribution is 0.157. The van der Waals surface area contributed by atoms with Crippen molar-refractivity contribution in [2.24, 2.45) is 5.41 Å². The fourth-order valence-electron chi connectivity index (χ4n) is 3.83. The van der Waals surface area contributed by atoms with E-state index in [0.29, 0.717) is 17.5 Å². The maximum absolute atomic E-state index is 4.66. The van der Waals surface area contributed by atoms with Gasteiger partial charge in [-0.15, -0.1) is 0 Å². The van der Waals surface area contributed by atoms with E-state index in [2.05, 4.69) is 56.6 Å². The number of aromatic nitrogens is 2. The molecule has 2 atom stereocenters. The van der Waals surface area contributed by atoms with Crippen molar-refractivity contribution in [3.63, 3.8) is 0 Å². The summed E-state index contributed by atoms with van der Waals surface area (Å²) < 4.78 is 2.12. The first-order valence-electron chi connectivity index (χ1n) is 8.16. The van der Waals surface area contributed by atoms with Gasteiger partial charge in [-0.2, -0.15) is 5.10 Å². The van der Waals surface area contributed by atoms with Crippen molar-refractivity contribution in [1.29, 1.82) is 0 Å². The van der Waals surface area contributed by atoms with Crippen molar-refractivity contribution >= 4 is 0 Å². The maximum Gasteiger partial charge on any atom is 0.0644 e. The van der Waals surface area contributed by atoms with Crippen molar-refractivity contribution in [1.82, 2.24) is 15.1 Å². The SMILES string of the molecule is CCn1nc(C)c(C(C)NC2CCCCC2(C)C)c1C. The molecule has 114 valence electrons. The fraction of sp³-hybridized carbons (Fsp3) is 0.824. The Morgan fingerprint density at radius 1 is 1.35 bits per heavy atom. The van der Waals surface area contributed by atoms with E-state index < -0.39 is 0 Å². The zero-order chi connectivity index (χ0) is 14.9. The van der Waals surface area contributed by atoms with Gasteiger partial charge in [0.15, 0.2) is 0 Å². The van der Waals surface area contributed by atoms with Crippen molar-refractivity contribution in [3.05, 3.63) is 17.0 Å². The van der Waals surface area contributed by atoms with E-state index in [9.17, 15) is 0 Å². The molecule has 1 aliphatic rings. The molecular weight excluding hydrogens is 246 g/mol. The molecule has 3 nitrogen and oxygen atoms in total. The average molecular weight is 277 g/mol. The summed E-state index contributed by atoms with van der Waals surface area (Å²) in [7, 11) is 0. The van der Waals surface area contributed by atoms with E-state index in [1.165, 1.54) is 42.6 Å². The first kappa shape index (κ1) is 15.6. The molecule has 0 saturated heterocycles. The molecule has 0 aromatic carbocycles. The van der Waals surface area contributed by atoms with E-state index in [-0.39, 0.29) is 0 Å². The summed E-state index contributed by atoms with van der Waals surface area (Å²) in [5, 5.41) is 8.55. The molecule has 1 aliphatic carbocycles. The second-order valence-corrected chi connectivity index (χ2v) is 7.08. The van der Waals surface area contributed by atoms with E-state index >= 15 is 0 Å². The van der Waals surface area contributed by atoms with Crippen molar-refractivity contribution < 1.29 is 0 Å². The zero-order valence-electron chi connectivity index (χ0n) is 14.1. The van der Waals surface area contributed by atoms with E-state index in [4.69, 9.17) is 0 Å². The van der Waals surface area contributed by atoms with Gasteiger partial charge in [0.2, 0.25) is 0 Å². The van der Waals surface area contributed by atoms with Crippen LogP contribution in [0.2, 0.25) is 0 Å². The molecule has 20 heavy (non-hydrogen) atoms. The second kappa shape index (κ2) is 5.88. The van der Waals surface area contributed by atoms with Gasteiger partial charge in [-0.3, -0.25) is 4.68 Å². The van der Waals surface area contributed by atoms with Crippen LogP contribution in [0.25, 0.3) is 0 Å². The second-order valence-electron chi connectivity index (χ2n) is 7.08. The van der Waals surface area contributed by atoms with Crippen LogP contribution >= 0.6 is 0 Å². The molecule has 2 rings (SSSR count). The van der Waals surface area contributed by atoms with Crippen LogP contribution in [-0.2, 0) is 6.54 Å². The van der Waals surface area contributed by atoms with Crippen LogP contribution in [0.1, 0.15) is 76.4 Å². The Hall–Kier alpha value is -0.830. The summed E-state index contributed by atoms with van der Waals surface area (Å²) >= 11 is 0. The maximum atomic E-state index is 4.66. The normalized spacial score (nSPS) is 23.8. The molecule has 1 aromatic heterocycles. The highest BCUT2D eigenvalue weighted by Crippen LogP contribution is 2.37. The first-order chi connectivity index (χ1) is 9.36. The molecule has 1 aromatic rings. The molecule has 1 fully saturated rings. The summed E-state index contributed by atoms with van der Waals surface area (Å²) in [6, 6.07) is 1.01. The van der Waals surface area contributed by atoms with Crippen molar-refractivity contribution in [2.75, 3.05) is 0 Å². The number of aryl methyl sites for hydroxylation is 2. The molecule has 1 saturated carbocycles. The Morgan fingerprint density at radius 3 is 2.60 bits per heavy atom. The molecule has 0 spiro atoms. The van der Waals surface area contributed by atoms with Crippen molar-refractivity contribution in [2.45, 2.75) is 85.9 Å². The first-order valence-corrected chi connectivity index (χ1v) is 8.16. The van der Waals surface area contributed by atoms with E-state index in [0.717, 1.165) is 6.54 Å². The van der Waals surface area contributed by atoms with Crippen LogP contribution in [0.3, 0.4) is 0 Å². The minimum absolute atomic E-state index is 0.387. The molecule has 0 amide bonds. The summed E-state index contributed by atoms with van der Waals surface area (Å²) in [4.78, 5) is 0. The minimum Gasteiger partial charge on any atom is -0.307 e. The largest absolute Gasteiger partial charge is 0.307 e. The Bertz CT molecular complexity index is 459. The molecule has 0 radical (unpaired) electrons. The monoisotopic (exact) mass is 277 g/mol. The molecule has 0 aliphatic heterocycles. The predicted molar refractivity (Wildman–Crippen MR) is 85.0 cm³/mol. The highest BCUT2D eigenvalue weighted by atomic mass is 15.3. The highest BCUT2D eigenvalue weighted by Gasteiger charge is 2.33. The summed E-state index contributed by atoms with van der Waals surface area (Å²) in [6.45, 7) is 14.6. The summed E-state index contributed by atoms with van der Waals surface area (Å²) in [5.41, 5.74) is 4.31. The Balaban J connectivity index is 2.16. The zero-order valence-corrected chi connectivity index (χ0v) is 14.1. The van der Waals surface area contributed by atoms with E-state index in [1.807, 2.05) is 0 Å². The molecule has 3 heteroatoms. The third kappa shape index (κ3) is 2.93. The molecule has 1 heterocycles. The van der Waals surface area contributed by atoms with Gasteiger partial charge >= 0.3 is 0 Å².